The van der Waals surface area contributed by atoms with Crippen LogP contribution in [0.2, 0.25) is 0 Å². The Hall–Kier alpha value is -0.0800. The zero-order valence-electron chi connectivity index (χ0n) is 8.27. The first kappa shape index (κ1) is 10.0. The van der Waals surface area contributed by atoms with Crippen LogP contribution in [0.25, 0.3) is 0 Å². The summed E-state index contributed by atoms with van der Waals surface area (Å²) in [6.07, 6.45) is 4.52. The van der Waals surface area contributed by atoms with Gasteiger partial charge in [0.15, 0.2) is 0 Å². The molecule has 1 fully saturated rings. The topological polar surface area (TPSA) is 32.3 Å². The molecule has 0 saturated heterocycles. The molecule has 0 spiro atoms. The Morgan fingerprint density at radius 3 is 2.58 bits per heavy atom. The summed E-state index contributed by atoms with van der Waals surface area (Å²) in [4.78, 5) is 0. The molecule has 72 valence electrons. The van der Waals surface area contributed by atoms with Gasteiger partial charge in [0.2, 0.25) is 0 Å². The Bertz CT molecular complexity index is 130. The van der Waals surface area contributed by atoms with Gasteiger partial charge < -0.3 is 10.4 Å². The molecule has 1 rings (SSSR count). The summed E-state index contributed by atoms with van der Waals surface area (Å²) in [7, 11) is 0. The van der Waals surface area contributed by atoms with E-state index in [1.807, 2.05) is 6.92 Å². The first-order chi connectivity index (χ1) is 5.67. The molecular formula is C10H21NO. The summed E-state index contributed by atoms with van der Waals surface area (Å²) >= 11 is 0. The van der Waals surface area contributed by atoms with Crippen LogP contribution in [-0.2, 0) is 0 Å². The Labute approximate surface area is 75.4 Å². The van der Waals surface area contributed by atoms with Crippen LogP contribution in [0.4, 0.5) is 0 Å². The Kier molecular flexibility index (Phi) is 3.53. The highest BCUT2D eigenvalue weighted by molar-refractivity contribution is 4.91. The molecule has 0 radical (unpaired) electrons. The maximum Gasteiger partial charge on any atom is 0.0659 e. The highest BCUT2D eigenvalue weighted by atomic mass is 16.3. The molecule has 12 heavy (non-hydrogen) atoms. The molecule has 2 N–H and O–H groups in total. The fourth-order valence-corrected chi connectivity index (χ4v) is 1.55. The largest absolute Gasteiger partial charge is 0.390 e. The van der Waals surface area contributed by atoms with Gasteiger partial charge in [-0.15, -0.1) is 0 Å². The maximum absolute atomic E-state index is 9.91. The number of hydrogen-bond acceptors (Lipinski definition) is 2. The van der Waals surface area contributed by atoms with Crippen LogP contribution < -0.4 is 5.32 Å². The zero-order chi connectivity index (χ0) is 9.03. The van der Waals surface area contributed by atoms with Crippen molar-refractivity contribution in [3.05, 3.63) is 0 Å². The third-order valence-corrected chi connectivity index (χ3v) is 2.69. The number of hydrogen-bond donors (Lipinski definition) is 2. The molecule has 1 aliphatic rings. The van der Waals surface area contributed by atoms with Crippen molar-refractivity contribution < 1.29 is 5.11 Å². The van der Waals surface area contributed by atoms with Gasteiger partial charge in [-0.1, -0.05) is 6.92 Å². The van der Waals surface area contributed by atoms with Crippen molar-refractivity contribution in [2.75, 3.05) is 13.1 Å². The molecule has 2 heteroatoms. The van der Waals surface area contributed by atoms with Crippen molar-refractivity contribution in [1.82, 2.24) is 5.32 Å². The quantitative estimate of drug-likeness (QED) is 0.594. The average molecular weight is 171 g/mol. The summed E-state index contributed by atoms with van der Waals surface area (Å²) < 4.78 is 0. The van der Waals surface area contributed by atoms with Crippen molar-refractivity contribution in [3.63, 3.8) is 0 Å². The fourth-order valence-electron chi connectivity index (χ4n) is 1.55. The molecule has 2 nitrogen and oxygen atoms in total. The predicted octanol–water partition coefficient (Wildman–Crippen LogP) is 1.54. The summed E-state index contributed by atoms with van der Waals surface area (Å²) in [6.45, 7) is 6.16. The SMILES string of the molecule is CCCNCCC(C)(O)C1CC1. The standard InChI is InChI=1S/C10H21NO/c1-3-7-11-8-6-10(2,12)9-4-5-9/h9,11-12H,3-8H2,1-2H3. The number of rotatable bonds is 6. The first-order valence-corrected chi connectivity index (χ1v) is 5.10. The van der Waals surface area contributed by atoms with Crippen molar-refractivity contribution in [1.29, 1.82) is 0 Å². The summed E-state index contributed by atoms with van der Waals surface area (Å²) in [5.41, 5.74) is -0.402. The van der Waals surface area contributed by atoms with Crippen LogP contribution in [0.3, 0.4) is 0 Å². The Morgan fingerprint density at radius 2 is 2.08 bits per heavy atom. The molecule has 0 bridgehead atoms. The molecular weight excluding hydrogens is 150 g/mol. The lowest BCUT2D eigenvalue weighted by Gasteiger charge is -2.22. The zero-order valence-corrected chi connectivity index (χ0v) is 8.27. The molecule has 0 aromatic carbocycles. The minimum atomic E-state index is -0.402. The van der Waals surface area contributed by atoms with E-state index < -0.39 is 5.60 Å². The number of nitrogens with one attached hydrogen (secondary N) is 1. The minimum absolute atomic E-state index is 0.402. The van der Waals surface area contributed by atoms with E-state index in [-0.39, 0.29) is 0 Å². The third-order valence-electron chi connectivity index (χ3n) is 2.69. The van der Waals surface area contributed by atoms with E-state index in [1.54, 1.807) is 0 Å². The lowest BCUT2D eigenvalue weighted by Crippen LogP contribution is -2.32. The smallest absolute Gasteiger partial charge is 0.0659 e. The molecule has 1 unspecified atom stereocenters. The highest BCUT2D eigenvalue weighted by Gasteiger charge is 2.39. The van der Waals surface area contributed by atoms with Gasteiger partial charge in [-0.3, -0.25) is 0 Å². The van der Waals surface area contributed by atoms with E-state index in [0.29, 0.717) is 5.92 Å². The fraction of sp³-hybridized carbons (Fsp3) is 1.00. The van der Waals surface area contributed by atoms with Crippen molar-refractivity contribution >= 4 is 0 Å². The van der Waals surface area contributed by atoms with Gasteiger partial charge in [0, 0.05) is 0 Å². The second-order valence-electron chi connectivity index (χ2n) is 4.13. The minimum Gasteiger partial charge on any atom is -0.390 e. The van der Waals surface area contributed by atoms with Crippen LogP contribution in [0, 0.1) is 5.92 Å². The molecule has 0 aromatic heterocycles. The average Bonchev–Trinajstić information content (AvgIpc) is 2.80. The Balaban J connectivity index is 2.04. The van der Waals surface area contributed by atoms with Gasteiger partial charge >= 0.3 is 0 Å². The van der Waals surface area contributed by atoms with Crippen molar-refractivity contribution in [2.45, 2.75) is 45.1 Å². The van der Waals surface area contributed by atoms with E-state index in [2.05, 4.69) is 12.2 Å². The van der Waals surface area contributed by atoms with Crippen LogP contribution >= 0.6 is 0 Å². The lowest BCUT2D eigenvalue weighted by atomic mass is 9.96. The molecule has 1 aliphatic carbocycles. The number of aliphatic hydroxyl groups is 1. The molecule has 0 aromatic rings. The van der Waals surface area contributed by atoms with Gasteiger partial charge in [0.1, 0.15) is 0 Å². The normalized spacial score (nSPS) is 22.2. The third kappa shape index (κ3) is 3.11. The maximum atomic E-state index is 9.91. The summed E-state index contributed by atoms with van der Waals surface area (Å²) in [5, 5.41) is 13.2. The Morgan fingerprint density at radius 1 is 1.42 bits per heavy atom. The van der Waals surface area contributed by atoms with Gasteiger partial charge in [-0.25, -0.2) is 0 Å². The molecule has 1 atom stereocenters. The van der Waals surface area contributed by atoms with E-state index in [0.717, 1.165) is 19.5 Å². The second kappa shape index (κ2) is 4.24. The van der Waals surface area contributed by atoms with Crippen LogP contribution in [0.5, 0.6) is 0 Å². The van der Waals surface area contributed by atoms with E-state index in [1.165, 1.54) is 19.3 Å². The van der Waals surface area contributed by atoms with Gasteiger partial charge in [-0.2, -0.15) is 0 Å². The molecule has 0 aliphatic heterocycles. The van der Waals surface area contributed by atoms with Gasteiger partial charge in [0.05, 0.1) is 5.60 Å². The predicted molar refractivity (Wildman–Crippen MR) is 51.1 cm³/mol. The summed E-state index contributed by atoms with van der Waals surface area (Å²) in [6, 6.07) is 0. The van der Waals surface area contributed by atoms with Gasteiger partial charge in [0.25, 0.3) is 0 Å². The van der Waals surface area contributed by atoms with E-state index in [4.69, 9.17) is 0 Å². The second-order valence-corrected chi connectivity index (χ2v) is 4.13. The first-order valence-electron chi connectivity index (χ1n) is 5.10. The lowest BCUT2D eigenvalue weighted by molar-refractivity contribution is 0.0285. The molecule has 0 amide bonds. The van der Waals surface area contributed by atoms with Crippen molar-refractivity contribution in [2.24, 2.45) is 5.92 Å². The van der Waals surface area contributed by atoms with Crippen LogP contribution in [-0.4, -0.2) is 23.8 Å². The summed E-state index contributed by atoms with van der Waals surface area (Å²) in [5.74, 6) is 0.584. The highest BCUT2D eigenvalue weighted by Crippen LogP contribution is 2.40. The molecule has 0 heterocycles. The van der Waals surface area contributed by atoms with Crippen molar-refractivity contribution in [3.8, 4) is 0 Å². The monoisotopic (exact) mass is 171 g/mol. The van der Waals surface area contributed by atoms with Crippen LogP contribution in [0.15, 0.2) is 0 Å². The molecule has 1 saturated carbocycles. The van der Waals surface area contributed by atoms with Gasteiger partial charge in [-0.05, 0) is 51.6 Å². The van der Waals surface area contributed by atoms with E-state index in [9.17, 15) is 5.11 Å². The van der Waals surface area contributed by atoms with Crippen LogP contribution in [0.1, 0.15) is 39.5 Å². The van der Waals surface area contributed by atoms with E-state index >= 15 is 0 Å².